The summed E-state index contributed by atoms with van der Waals surface area (Å²) in [7, 11) is 0. The van der Waals surface area contributed by atoms with Crippen molar-refractivity contribution in [3.63, 3.8) is 0 Å². The smallest absolute Gasteiger partial charge is 0 e. The van der Waals surface area contributed by atoms with Crippen molar-refractivity contribution in [2.24, 2.45) is 10.8 Å². The van der Waals surface area contributed by atoms with Gasteiger partial charge in [-0.25, -0.2) is 12.1 Å². The van der Waals surface area contributed by atoms with E-state index in [1.807, 2.05) is 54.6 Å². The van der Waals surface area contributed by atoms with Gasteiger partial charge in [0.2, 0.25) is 0 Å². The van der Waals surface area contributed by atoms with Gasteiger partial charge in [0, 0.05) is 21.1 Å². The van der Waals surface area contributed by atoms with Crippen molar-refractivity contribution in [2.45, 2.75) is 6.42 Å². The molecule has 0 radical (unpaired) electrons. The minimum Gasteiger partial charge on any atom is -0.214 e. The Morgan fingerprint density at radius 3 is 1.55 bits per heavy atom. The van der Waals surface area contributed by atoms with Crippen molar-refractivity contribution in [2.75, 3.05) is 0 Å². The van der Waals surface area contributed by atoms with Gasteiger partial charge < -0.3 is 0 Å². The number of rotatable bonds is 1. The van der Waals surface area contributed by atoms with Crippen LogP contribution in [0.4, 0.5) is 0 Å². The molecule has 0 bridgehead atoms. The zero-order valence-electron chi connectivity index (χ0n) is 15.9. The predicted octanol–water partition coefficient (Wildman–Crippen LogP) is 3.63. The second kappa shape index (κ2) is 18.2. The SMILES string of the molecule is N#CC1(C#N)C[C-]=C(c2ccccc2)C1(C#N)C#N.[C-]#[O+].[C-]#[O+].[C-]#[O+].[Mo].c1cc[cH-]c1. The molecule has 0 aliphatic heterocycles. The Morgan fingerprint density at radius 1 is 0.774 bits per heavy atom. The van der Waals surface area contributed by atoms with Crippen molar-refractivity contribution in [3.8, 4) is 24.3 Å². The molecule has 1 aliphatic rings. The van der Waals surface area contributed by atoms with Crippen molar-refractivity contribution in [1.29, 1.82) is 21.0 Å². The van der Waals surface area contributed by atoms with Crippen LogP contribution in [-0.2, 0) is 35.0 Å². The summed E-state index contributed by atoms with van der Waals surface area (Å²) in [5.74, 6) is 0. The van der Waals surface area contributed by atoms with Crippen LogP contribution in [0.5, 0.6) is 0 Å². The van der Waals surface area contributed by atoms with E-state index in [0.29, 0.717) is 11.1 Å². The van der Waals surface area contributed by atoms with Crippen LogP contribution in [0.25, 0.3) is 5.57 Å². The van der Waals surface area contributed by atoms with Gasteiger partial charge in [0.15, 0.2) is 10.8 Å². The van der Waals surface area contributed by atoms with Crippen molar-refractivity contribution >= 4 is 5.57 Å². The molecule has 150 valence electrons. The van der Waals surface area contributed by atoms with Gasteiger partial charge in [0.1, 0.15) is 0 Å². The fourth-order valence-corrected chi connectivity index (χ4v) is 2.54. The summed E-state index contributed by atoms with van der Waals surface area (Å²) in [5, 5.41) is 37.3. The summed E-state index contributed by atoms with van der Waals surface area (Å²) in [4.78, 5) is 0. The number of hydrogen-bond acceptors (Lipinski definition) is 4. The Balaban J connectivity index is -0.000000549. The molecule has 8 heteroatoms. The van der Waals surface area contributed by atoms with Crippen molar-refractivity contribution in [1.82, 2.24) is 0 Å². The standard InChI is InChI=1S/C15H7N4.C5H5.3CO.Mo/c16-8-14(9-17)7-6-13(15(14,10-18)11-19)12-4-2-1-3-5-12;1-2-4-5-3-1;3*1-2;/h1-5H,7H2;1-5H;;;;/q2*-1;;;;. The molecular weight excluding hydrogens is 476 g/mol. The van der Waals surface area contributed by atoms with Crippen LogP contribution in [0.2, 0.25) is 0 Å². The summed E-state index contributed by atoms with van der Waals surface area (Å²) in [6.45, 7) is 13.5. The Labute approximate surface area is 195 Å². The van der Waals surface area contributed by atoms with Gasteiger partial charge >= 0.3 is 33.9 Å². The van der Waals surface area contributed by atoms with E-state index in [-0.39, 0.29) is 27.5 Å². The molecule has 7 nitrogen and oxygen atoms in total. The summed E-state index contributed by atoms with van der Waals surface area (Å²) in [6.07, 6.45) is 2.85. The van der Waals surface area contributed by atoms with E-state index in [0.717, 1.165) is 0 Å². The zero-order chi connectivity index (χ0) is 23.5. The van der Waals surface area contributed by atoms with Crippen LogP contribution >= 0.6 is 0 Å². The Hall–Kier alpha value is -3.82. The van der Waals surface area contributed by atoms with Crippen LogP contribution in [0, 0.1) is 82.2 Å². The molecule has 0 N–H and O–H groups in total. The van der Waals surface area contributed by atoms with E-state index in [4.69, 9.17) is 14.0 Å². The molecular formula is C23H12MoN4O3-2. The number of nitriles is 4. The summed E-state index contributed by atoms with van der Waals surface area (Å²) >= 11 is 0. The van der Waals surface area contributed by atoms with Gasteiger partial charge in [-0.15, -0.1) is 12.1 Å². The minimum atomic E-state index is -1.79. The third-order valence-electron chi connectivity index (χ3n) is 3.88. The predicted molar refractivity (Wildman–Crippen MR) is 98.9 cm³/mol. The molecule has 0 unspecified atom stereocenters. The number of benzene rings is 1. The first kappa shape index (κ1) is 31.9. The quantitative estimate of drug-likeness (QED) is 0.341. The largest absolute Gasteiger partial charge is 0.214 e. The second-order valence-corrected chi connectivity index (χ2v) is 5.16. The fraction of sp³-hybridized carbons (Fsp3) is 0.130. The molecule has 0 heterocycles. The van der Waals surface area contributed by atoms with E-state index >= 15 is 0 Å². The summed E-state index contributed by atoms with van der Waals surface area (Å²) < 4.78 is 22.5. The van der Waals surface area contributed by atoms with Gasteiger partial charge in [0.05, 0.1) is 24.3 Å². The monoisotopic (exact) mass is 490 g/mol. The van der Waals surface area contributed by atoms with Gasteiger partial charge in [-0.1, -0.05) is 24.6 Å². The van der Waals surface area contributed by atoms with Crippen molar-refractivity contribution < 1.29 is 35.0 Å². The van der Waals surface area contributed by atoms with E-state index in [2.05, 4.69) is 26.0 Å². The zero-order valence-corrected chi connectivity index (χ0v) is 17.9. The molecule has 0 atom stereocenters. The van der Waals surface area contributed by atoms with Gasteiger partial charge in [-0.05, 0) is 0 Å². The van der Waals surface area contributed by atoms with E-state index < -0.39 is 10.8 Å². The fourth-order valence-electron chi connectivity index (χ4n) is 2.54. The number of allylic oxidation sites excluding steroid dienone is 2. The Kier molecular flexibility index (Phi) is 18.7. The number of nitrogens with zero attached hydrogens (tertiary/aromatic N) is 4. The topological polar surface area (TPSA) is 155 Å². The molecule has 0 saturated carbocycles. The third kappa shape index (κ3) is 7.18. The first-order valence-electron chi connectivity index (χ1n) is 7.79. The molecule has 2 aromatic carbocycles. The van der Waals surface area contributed by atoms with Crippen molar-refractivity contribution in [3.05, 3.63) is 92.3 Å². The van der Waals surface area contributed by atoms with Gasteiger partial charge in [-0.2, -0.15) is 50.4 Å². The Bertz CT molecular complexity index is 966. The molecule has 0 spiro atoms. The maximum absolute atomic E-state index is 9.41. The van der Waals surface area contributed by atoms with E-state index in [1.54, 1.807) is 30.3 Å². The molecule has 31 heavy (non-hydrogen) atoms. The summed E-state index contributed by atoms with van der Waals surface area (Å²) in [6, 6.07) is 26.2. The number of hydrogen-bond donors (Lipinski definition) is 0. The minimum absolute atomic E-state index is 0. The van der Waals surface area contributed by atoms with Crippen LogP contribution in [0.1, 0.15) is 12.0 Å². The maximum atomic E-state index is 9.41. The van der Waals surface area contributed by atoms with Gasteiger partial charge in [-0.3, -0.25) is 6.08 Å². The maximum Gasteiger partial charge on any atom is 0 e. The molecule has 1 aliphatic carbocycles. The first-order valence-corrected chi connectivity index (χ1v) is 7.79. The third-order valence-corrected chi connectivity index (χ3v) is 3.88. The molecule has 0 saturated heterocycles. The first-order chi connectivity index (χ1) is 14.7. The Morgan fingerprint density at radius 2 is 1.23 bits per heavy atom. The van der Waals surface area contributed by atoms with E-state index in [9.17, 15) is 21.0 Å². The van der Waals surface area contributed by atoms with Crippen LogP contribution in [0.3, 0.4) is 0 Å². The van der Waals surface area contributed by atoms with Crippen LogP contribution < -0.4 is 0 Å². The average Bonchev–Trinajstić information content (AvgIpc) is 3.54. The summed E-state index contributed by atoms with van der Waals surface area (Å²) in [5.41, 5.74) is -2.53. The van der Waals surface area contributed by atoms with E-state index in [1.165, 1.54) is 0 Å². The molecule has 0 amide bonds. The second-order valence-electron chi connectivity index (χ2n) is 5.16. The van der Waals surface area contributed by atoms with Gasteiger partial charge in [0.25, 0.3) is 0 Å². The van der Waals surface area contributed by atoms with Crippen LogP contribution in [-0.4, -0.2) is 0 Å². The molecule has 3 rings (SSSR count). The molecule has 0 aromatic heterocycles. The average molecular weight is 488 g/mol. The normalized spacial score (nSPS) is 12.6. The van der Waals surface area contributed by atoms with Crippen LogP contribution in [0.15, 0.2) is 60.7 Å². The molecule has 0 fully saturated rings. The molecule has 2 aromatic rings.